The highest BCUT2D eigenvalue weighted by atomic mass is 32.2. The second-order valence-corrected chi connectivity index (χ2v) is 6.07. The minimum Gasteiger partial charge on any atom is -0.361 e. The van der Waals surface area contributed by atoms with E-state index in [0.29, 0.717) is 12.1 Å². The number of benzene rings is 1. The molecule has 0 amide bonds. The molecule has 0 aromatic heterocycles. The molecule has 0 saturated carbocycles. The quantitative estimate of drug-likeness (QED) is 0.884. The lowest BCUT2D eigenvalue weighted by molar-refractivity contribution is 0.407. The van der Waals surface area contributed by atoms with Gasteiger partial charge in [0, 0.05) is 18.3 Å². The number of thioether (sulfide) groups is 1. The number of nitrogens with zero attached hydrogens (tertiary/aromatic N) is 2. The van der Waals surface area contributed by atoms with Gasteiger partial charge in [0.15, 0.2) is 5.17 Å². The number of hydrogen-bond acceptors (Lipinski definition) is 4. The Kier molecular flexibility index (Phi) is 3.57. The van der Waals surface area contributed by atoms with Crippen LogP contribution in [0.4, 0.5) is 0 Å². The molecule has 2 aliphatic rings. The summed E-state index contributed by atoms with van der Waals surface area (Å²) in [5.41, 5.74) is 1.32. The Morgan fingerprint density at radius 2 is 2.17 bits per heavy atom. The van der Waals surface area contributed by atoms with E-state index in [1.54, 1.807) is 0 Å². The molecule has 2 atom stereocenters. The van der Waals surface area contributed by atoms with E-state index >= 15 is 0 Å². The maximum atomic E-state index is 4.80. The molecule has 2 unspecified atom stereocenters. The summed E-state index contributed by atoms with van der Waals surface area (Å²) < 4.78 is 0. The molecule has 0 bridgehead atoms. The van der Waals surface area contributed by atoms with Crippen LogP contribution in [-0.2, 0) is 0 Å². The van der Waals surface area contributed by atoms with E-state index in [-0.39, 0.29) is 0 Å². The van der Waals surface area contributed by atoms with E-state index < -0.39 is 0 Å². The largest absolute Gasteiger partial charge is 0.361 e. The summed E-state index contributed by atoms with van der Waals surface area (Å²) in [5, 5.41) is 4.71. The maximum Gasteiger partial charge on any atom is 0.157 e. The Bertz CT molecular complexity index is 432. The fourth-order valence-corrected chi connectivity index (χ4v) is 3.56. The van der Waals surface area contributed by atoms with E-state index in [9.17, 15) is 0 Å². The Morgan fingerprint density at radius 3 is 2.89 bits per heavy atom. The molecule has 1 aromatic rings. The highest BCUT2D eigenvalue weighted by Gasteiger charge is 2.24. The Morgan fingerprint density at radius 1 is 1.33 bits per heavy atom. The van der Waals surface area contributed by atoms with Crippen LogP contribution in [0, 0.1) is 0 Å². The van der Waals surface area contributed by atoms with Crippen LogP contribution in [0.25, 0.3) is 0 Å². The van der Waals surface area contributed by atoms with Crippen molar-refractivity contribution in [2.75, 3.05) is 25.9 Å². The van der Waals surface area contributed by atoms with Gasteiger partial charge in [-0.15, -0.1) is 0 Å². The number of hydrogen-bond donors (Lipinski definition) is 1. The smallest absolute Gasteiger partial charge is 0.157 e. The zero-order chi connectivity index (χ0) is 12.4. The van der Waals surface area contributed by atoms with Crippen LogP contribution in [0.15, 0.2) is 35.3 Å². The highest BCUT2D eigenvalue weighted by molar-refractivity contribution is 8.14. The molecule has 1 saturated heterocycles. The molecule has 3 nitrogen and oxygen atoms in total. The van der Waals surface area contributed by atoms with Crippen molar-refractivity contribution in [1.29, 1.82) is 0 Å². The first-order chi connectivity index (χ1) is 8.81. The number of nitrogens with one attached hydrogen (secondary N) is 1. The summed E-state index contributed by atoms with van der Waals surface area (Å²) in [5.74, 6) is 1.06. The summed E-state index contributed by atoms with van der Waals surface area (Å²) >= 11 is 1.85. The summed E-state index contributed by atoms with van der Waals surface area (Å²) in [6.45, 7) is 2.33. The first-order valence-corrected chi connectivity index (χ1v) is 7.50. The Labute approximate surface area is 113 Å². The molecular weight excluding hydrogens is 242 g/mol. The van der Waals surface area contributed by atoms with Crippen LogP contribution in [0.2, 0.25) is 0 Å². The van der Waals surface area contributed by atoms with Gasteiger partial charge in [0.05, 0.1) is 6.04 Å². The third-order valence-corrected chi connectivity index (χ3v) is 4.53. The third-order valence-electron chi connectivity index (χ3n) is 3.55. The van der Waals surface area contributed by atoms with Gasteiger partial charge in [-0.3, -0.25) is 4.99 Å². The van der Waals surface area contributed by atoms with Crippen molar-refractivity contribution in [3.8, 4) is 0 Å². The number of likely N-dealkylation sites (N-methyl/N-ethyl adjacent to an activating group) is 1. The van der Waals surface area contributed by atoms with Crippen molar-refractivity contribution >= 4 is 16.9 Å². The summed E-state index contributed by atoms with van der Waals surface area (Å²) in [7, 11) is 2.18. The molecule has 0 radical (unpaired) electrons. The Balaban J connectivity index is 1.62. The van der Waals surface area contributed by atoms with Crippen molar-refractivity contribution in [3.05, 3.63) is 35.9 Å². The average molecular weight is 261 g/mol. The summed E-state index contributed by atoms with van der Waals surface area (Å²) in [4.78, 5) is 7.16. The second-order valence-electron chi connectivity index (χ2n) is 5.06. The molecule has 0 aliphatic carbocycles. The predicted molar refractivity (Wildman–Crippen MR) is 78.1 cm³/mol. The summed E-state index contributed by atoms with van der Waals surface area (Å²) in [6, 6.07) is 11.5. The van der Waals surface area contributed by atoms with E-state index in [1.807, 2.05) is 11.8 Å². The van der Waals surface area contributed by atoms with Crippen molar-refractivity contribution < 1.29 is 0 Å². The fourth-order valence-electron chi connectivity index (χ4n) is 2.53. The summed E-state index contributed by atoms with van der Waals surface area (Å²) in [6.07, 6.45) is 1.23. The molecule has 3 rings (SSSR count). The monoisotopic (exact) mass is 261 g/mol. The highest BCUT2D eigenvalue weighted by Crippen LogP contribution is 2.29. The first kappa shape index (κ1) is 12.1. The number of aliphatic imine (C=N–C) groups is 1. The molecule has 1 fully saturated rings. The number of rotatable bonds is 2. The third kappa shape index (κ3) is 2.70. The van der Waals surface area contributed by atoms with Crippen LogP contribution in [0.1, 0.15) is 18.0 Å². The number of likely N-dealkylation sites (tertiary alicyclic amines) is 1. The zero-order valence-corrected chi connectivity index (χ0v) is 11.5. The first-order valence-electron chi connectivity index (χ1n) is 6.52. The lowest BCUT2D eigenvalue weighted by atomic mass is 10.1. The molecule has 18 heavy (non-hydrogen) atoms. The van der Waals surface area contributed by atoms with Crippen LogP contribution in [0.3, 0.4) is 0 Å². The van der Waals surface area contributed by atoms with Gasteiger partial charge in [0.1, 0.15) is 0 Å². The molecular formula is C14H19N3S. The van der Waals surface area contributed by atoms with E-state index in [1.165, 1.54) is 18.5 Å². The van der Waals surface area contributed by atoms with Crippen molar-refractivity contribution in [3.63, 3.8) is 0 Å². The topological polar surface area (TPSA) is 27.6 Å². The lowest BCUT2D eigenvalue weighted by Gasteiger charge is -2.12. The van der Waals surface area contributed by atoms with Gasteiger partial charge in [-0.05, 0) is 25.6 Å². The van der Waals surface area contributed by atoms with Gasteiger partial charge < -0.3 is 10.2 Å². The van der Waals surface area contributed by atoms with Crippen molar-refractivity contribution in [1.82, 2.24) is 10.2 Å². The van der Waals surface area contributed by atoms with Crippen LogP contribution in [0.5, 0.6) is 0 Å². The van der Waals surface area contributed by atoms with Gasteiger partial charge in [0.2, 0.25) is 0 Å². The predicted octanol–water partition coefficient (Wildman–Crippen LogP) is 2.12. The van der Waals surface area contributed by atoms with Crippen LogP contribution < -0.4 is 5.32 Å². The number of amidine groups is 1. The van der Waals surface area contributed by atoms with Crippen LogP contribution in [-0.4, -0.2) is 42.0 Å². The Hall–Kier alpha value is -1.00. The minimum atomic E-state index is 0.331. The molecule has 0 spiro atoms. The van der Waals surface area contributed by atoms with Gasteiger partial charge >= 0.3 is 0 Å². The second kappa shape index (κ2) is 5.33. The normalized spacial score (nSPS) is 28.4. The van der Waals surface area contributed by atoms with Gasteiger partial charge in [0.25, 0.3) is 0 Å². The molecule has 1 aromatic carbocycles. The lowest BCUT2D eigenvalue weighted by Crippen LogP contribution is -2.34. The molecule has 1 N–H and O–H groups in total. The maximum absolute atomic E-state index is 4.80. The van der Waals surface area contributed by atoms with E-state index in [2.05, 4.69) is 47.6 Å². The van der Waals surface area contributed by atoms with Crippen molar-refractivity contribution in [2.24, 2.45) is 4.99 Å². The van der Waals surface area contributed by atoms with Gasteiger partial charge in [-0.25, -0.2) is 0 Å². The standard InChI is InChI=1S/C14H19N3S/c1-17-8-7-12(9-17)15-14-16-13(10-18-14)11-5-3-2-4-6-11/h2-6,12-13H,7-10H2,1H3,(H,15,16). The van der Waals surface area contributed by atoms with Crippen LogP contribution >= 0.6 is 11.8 Å². The minimum absolute atomic E-state index is 0.331. The van der Waals surface area contributed by atoms with Crippen molar-refractivity contribution in [2.45, 2.75) is 18.5 Å². The van der Waals surface area contributed by atoms with E-state index in [0.717, 1.165) is 17.5 Å². The SMILES string of the molecule is CN1CCC(NC2=NC(c3ccccc3)CS2)C1. The average Bonchev–Trinajstić information content (AvgIpc) is 3.01. The van der Waals surface area contributed by atoms with E-state index in [4.69, 9.17) is 4.99 Å². The van der Waals surface area contributed by atoms with Gasteiger partial charge in [-0.2, -0.15) is 0 Å². The molecule has 2 heterocycles. The fraction of sp³-hybridized carbons (Fsp3) is 0.500. The molecule has 2 aliphatic heterocycles. The van der Waals surface area contributed by atoms with Gasteiger partial charge in [-0.1, -0.05) is 42.1 Å². The molecule has 4 heteroatoms. The molecule has 96 valence electrons. The zero-order valence-electron chi connectivity index (χ0n) is 10.7.